The number of rotatable bonds is 5. The summed E-state index contributed by atoms with van der Waals surface area (Å²) in [5.41, 5.74) is 0. The fourth-order valence-corrected chi connectivity index (χ4v) is 1.95. The minimum Gasteiger partial charge on any atom is -0.480 e. The Kier molecular flexibility index (Phi) is 3.03. The van der Waals surface area contributed by atoms with E-state index in [1.807, 2.05) is 0 Å². The molecular weight excluding hydrogens is 182 g/mol. The van der Waals surface area contributed by atoms with Crippen LogP contribution >= 0.6 is 0 Å². The monoisotopic (exact) mass is 199 g/mol. The smallest absolute Gasteiger partial charge is 0.320 e. The van der Waals surface area contributed by atoms with Crippen molar-refractivity contribution in [3.63, 3.8) is 0 Å². The summed E-state index contributed by atoms with van der Waals surface area (Å²) >= 11 is 0. The summed E-state index contributed by atoms with van der Waals surface area (Å²) in [6.45, 7) is 1.51. The summed E-state index contributed by atoms with van der Waals surface area (Å²) in [4.78, 5) is 10.9. The highest BCUT2D eigenvalue weighted by atomic mass is 16.5. The molecule has 2 atom stereocenters. The second-order valence-corrected chi connectivity index (χ2v) is 4.20. The third-order valence-electron chi connectivity index (χ3n) is 2.95. The van der Waals surface area contributed by atoms with Crippen LogP contribution in [0.15, 0.2) is 0 Å². The number of hydrogen-bond donors (Lipinski definition) is 2. The Morgan fingerprint density at radius 1 is 1.50 bits per heavy atom. The zero-order valence-electron chi connectivity index (χ0n) is 8.24. The lowest BCUT2D eigenvalue weighted by Crippen LogP contribution is -2.42. The molecule has 0 aromatic heterocycles. The molecule has 1 heterocycles. The van der Waals surface area contributed by atoms with E-state index in [1.54, 1.807) is 0 Å². The van der Waals surface area contributed by atoms with E-state index < -0.39 is 5.97 Å². The van der Waals surface area contributed by atoms with E-state index in [9.17, 15) is 4.79 Å². The molecule has 0 bridgehead atoms. The molecule has 2 unspecified atom stereocenters. The van der Waals surface area contributed by atoms with Crippen LogP contribution in [0.1, 0.15) is 25.7 Å². The summed E-state index contributed by atoms with van der Waals surface area (Å²) in [6, 6.07) is -0.348. The number of carboxylic acid groups (broad SMARTS) is 1. The summed E-state index contributed by atoms with van der Waals surface area (Å²) < 4.78 is 5.43. The first-order chi connectivity index (χ1) is 6.77. The highest BCUT2D eigenvalue weighted by molar-refractivity contribution is 5.74. The van der Waals surface area contributed by atoms with Gasteiger partial charge < -0.3 is 15.2 Å². The Bertz CT molecular complexity index is 209. The molecule has 1 saturated carbocycles. The van der Waals surface area contributed by atoms with Crippen molar-refractivity contribution in [2.75, 3.05) is 13.2 Å². The van der Waals surface area contributed by atoms with Crippen LogP contribution in [0.4, 0.5) is 0 Å². The first-order valence-electron chi connectivity index (χ1n) is 5.35. The Hall–Kier alpha value is -0.610. The van der Waals surface area contributed by atoms with E-state index in [-0.39, 0.29) is 12.1 Å². The average molecular weight is 199 g/mol. The number of carboxylic acids is 1. The molecule has 80 valence electrons. The van der Waals surface area contributed by atoms with E-state index in [2.05, 4.69) is 5.32 Å². The lowest BCUT2D eigenvalue weighted by atomic mass is 10.1. The number of nitrogens with one attached hydrogen (secondary N) is 1. The quantitative estimate of drug-likeness (QED) is 0.681. The van der Waals surface area contributed by atoms with Crippen molar-refractivity contribution in [2.24, 2.45) is 5.92 Å². The molecule has 1 saturated heterocycles. The molecule has 2 aliphatic rings. The maximum atomic E-state index is 10.9. The van der Waals surface area contributed by atoms with Crippen LogP contribution in [0.3, 0.4) is 0 Å². The van der Waals surface area contributed by atoms with Crippen molar-refractivity contribution in [3.8, 4) is 0 Å². The Morgan fingerprint density at radius 3 is 2.79 bits per heavy atom. The molecule has 0 amide bonds. The van der Waals surface area contributed by atoms with Gasteiger partial charge in [-0.3, -0.25) is 4.79 Å². The molecule has 1 aliphatic carbocycles. The summed E-state index contributed by atoms with van der Waals surface area (Å²) in [5.74, 6) is -0.362. The van der Waals surface area contributed by atoms with E-state index in [1.165, 1.54) is 0 Å². The van der Waals surface area contributed by atoms with Gasteiger partial charge in [0.2, 0.25) is 0 Å². The number of ether oxygens (including phenoxy) is 1. The Morgan fingerprint density at radius 2 is 2.29 bits per heavy atom. The molecule has 0 radical (unpaired) electrons. The molecule has 0 spiro atoms. The van der Waals surface area contributed by atoms with Crippen LogP contribution < -0.4 is 5.32 Å². The van der Waals surface area contributed by atoms with Gasteiger partial charge in [-0.05, 0) is 31.6 Å². The highest BCUT2D eigenvalue weighted by Crippen LogP contribution is 2.32. The number of aliphatic carboxylic acids is 1. The maximum Gasteiger partial charge on any atom is 0.320 e. The van der Waals surface area contributed by atoms with Crippen molar-refractivity contribution in [1.82, 2.24) is 5.32 Å². The lowest BCUT2D eigenvalue weighted by molar-refractivity contribution is -0.140. The van der Waals surface area contributed by atoms with E-state index in [0.29, 0.717) is 12.5 Å². The van der Waals surface area contributed by atoms with Crippen LogP contribution in [-0.2, 0) is 9.53 Å². The molecule has 2 fully saturated rings. The van der Waals surface area contributed by atoms with Crippen molar-refractivity contribution in [3.05, 3.63) is 0 Å². The Labute approximate surface area is 83.6 Å². The van der Waals surface area contributed by atoms with Crippen LogP contribution in [0, 0.1) is 5.92 Å². The summed E-state index contributed by atoms with van der Waals surface area (Å²) in [6.07, 6.45) is 4.50. The fraction of sp³-hybridized carbons (Fsp3) is 0.900. The van der Waals surface area contributed by atoms with Gasteiger partial charge in [-0.25, -0.2) is 0 Å². The predicted molar refractivity (Wildman–Crippen MR) is 51.1 cm³/mol. The minimum atomic E-state index is -0.717. The topological polar surface area (TPSA) is 58.6 Å². The molecule has 0 aromatic carbocycles. The van der Waals surface area contributed by atoms with Crippen molar-refractivity contribution in [2.45, 2.75) is 37.8 Å². The zero-order chi connectivity index (χ0) is 9.97. The predicted octanol–water partition coefficient (Wildman–Crippen LogP) is 0.618. The van der Waals surface area contributed by atoms with Gasteiger partial charge in [0.25, 0.3) is 0 Å². The van der Waals surface area contributed by atoms with Crippen LogP contribution in [0.2, 0.25) is 0 Å². The maximum absolute atomic E-state index is 10.9. The lowest BCUT2D eigenvalue weighted by Gasteiger charge is -2.16. The molecule has 4 heteroatoms. The Balaban J connectivity index is 1.73. The first kappa shape index (κ1) is 9.93. The van der Waals surface area contributed by atoms with Gasteiger partial charge in [-0.2, -0.15) is 0 Å². The van der Waals surface area contributed by atoms with E-state index in [4.69, 9.17) is 9.84 Å². The van der Waals surface area contributed by atoms with Crippen LogP contribution in [-0.4, -0.2) is 36.4 Å². The van der Waals surface area contributed by atoms with Crippen molar-refractivity contribution < 1.29 is 14.6 Å². The van der Waals surface area contributed by atoms with Crippen molar-refractivity contribution >= 4 is 5.97 Å². The van der Waals surface area contributed by atoms with Crippen LogP contribution in [0.25, 0.3) is 0 Å². The van der Waals surface area contributed by atoms with Gasteiger partial charge in [0, 0.05) is 13.2 Å². The minimum absolute atomic E-state index is 0.232. The molecule has 1 aliphatic heterocycles. The SMILES string of the molecule is O=C(O)C(NCC1CCCO1)C1CC1. The standard InChI is InChI=1S/C10H17NO3/c12-10(13)9(7-3-4-7)11-6-8-2-1-5-14-8/h7-9,11H,1-6H2,(H,12,13). The summed E-state index contributed by atoms with van der Waals surface area (Å²) in [5, 5.41) is 12.1. The zero-order valence-corrected chi connectivity index (χ0v) is 8.24. The second-order valence-electron chi connectivity index (χ2n) is 4.20. The normalized spacial score (nSPS) is 29.0. The highest BCUT2D eigenvalue weighted by Gasteiger charge is 2.36. The van der Waals surface area contributed by atoms with Gasteiger partial charge in [0.1, 0.15) is 6.04 Å². The van der Waals surface area contributed by atoms with Gasteiger partial charge in [0.15, 0.2) is 0 Å². The van der Waals surface area contributed by atoms with Gasteiger partial charge in [0.05, 0.1) is 6.10 Å². The van der Waals surface area contributed by atoms with Gasteiger partial charge in [-0.1, -0.05) is 0 Å². The molecule has 14 heavy (non-hydrogen) atoms. The number of hydrogen-bond acceptors (Lipinski definition) is 3. The largest absolute Gasteiger partial charge is 0.480 e. The first-order valence-corrected chi connectivity index (χ1v) is 5.35. The molecule has 2 N–H and O–H groups in total. The average Bonchev–Trinajstić information content (AvgIpc) is 2.82. The second kappa shape index (κ2) is 4.28. The third kappa shape index (κ3) is 2.45. The van der Waals surface area contributed by atoms with Crippen molar-refractivity contribution in [1.29, 1.82) is 0 Å². The van der Waals surface area contributed by atoms with Crippen LogP contribution in [0.5, 0.6) is 0 Å². The van der Waals surface area contributed by atoms with Gasteiger partial charge >= 0.3 is 5.97 Å². The van der Waals surface area contributed by atoms with E-state index >= 15 is 0 Å². The summed E-state index contributed by atoms with van der Waals surface area (Å²) in [7, 11) is 0. The molecule has 0 aromatic rings. The third-order valence-corrected chi connectivity index (χ3v) is 2.95. The fourth-order valence-electron chi connectivity index (χ4n) is 1.95. The van der Waals surface area contributed by atoms with E-state index in [0.717, 1.165) is 32.3 Å². The molecular formula is C10H17NO3. The molecule has 4 nitrogen and oxygen atoms in total. The molecule has 2 rings (SSSR count). The number of carbonyl (C=O) groups is 1. The van der Waals surface area contributed by atoms with Gasteiger partial charge in [-0.15, -0.1) is 0 Å².